The van der Waals surface area contributed by atoms with Gasteiger partial charge in [-0.25, -0.2) is 0 Å². The second-order valence-electron chi connectivity index (χ2n) is 3.94. The van der Waals surface area contributed by atoms with E-state index in [-0.39, 0.29) is 18.3 Å². The van der Waals surface area contributed by atoms with Crippen LogP contribution >= 0.6 is 12.4 Å². The lowest BCUT2D eigenvalue weighted by Gasteiger charge is -2.16. The fraction of sp³-hybridized carbons (Fsp3) is 0.333. The number of rotatable bonds is 5. The first kappa shape index (κ1) is 16.4. The molecule has 0 aliphatic heterocycles. The number of nitrogens with two attached hydrogens (primary N) is 2. The van der Waals surface area contributed by atoms with Gasteiger partial charge in [-0.2, -0.15) is 0 Å². The highest BCUT2D eigenvalue weighted by molar-refractivity contribution is 5.88. The Morgan fingerprint density at radius 2 is 1.83 bits per heavy atom. The third-order valence-corrected chi connectivity index (χ3v) is 2.36. The highest BCUT2D eigenvalue weighted by Gasteiger charge is 2.19. The molecule has 0 bridgehead atoms. The number of amides is 2. The minimum Gasteiger partial charge on any atom is -0.368 e. The van der Waals surface area contributed by atoms with E-state index in [0.717, 1.165) is 5.56 Å². The number of nitrogens with one attached hydrogen (secondary N) is 1. The molecule has 5 nitrogen and oxygen atoms in total. The van der Waals surface area contributed by atoms with Crippen molar-refractivity contribution in [1.29, 1.82) is 0 Å². The molecule has 0 radical (unpaired) electrons. The molecule has 0 fully saturated rings. The Bertz CT molecular complexity index is 396. The van der Waals surface area contributed by atoms with Gasteiger partial charge in [0.05, 0.1) is 6.04 Å². The van der Waals surface area contributed by atoms with Crippen molar-refractivity contribution in [2.75, 3.05) is 0 Å². The molecule has 100 valence electrons. The molecule has 0 aromatic heterocycles. The molecular formula is C12H18ClN3O2. The van der Waals surface area contributed by atoms with Crippen LogP contribution in [0.4, 0.5) is 0 Å². The van der Waals surface area contributed by atoms with Gasteiger partial charge in [-0.15, -0.1) is 12.4 Å². The summed E-state index contributed by atoms with van der Waals surface area (Å²) in [6.07, 6.45) is 0.370. The quantitative estimate of drug-likeness (QED) is 0.701. The van der Waals surface area contributed by atoms with Crippen molar-refractivity contribution in [2.24, 2.45) is 11.5 Å². The van der Waals surface area contributed by atoms with Gasteiger partial charge in [-0.05, 0) is 12.5 Å². The topological polar surface area (TPSA) is 98.2 Å². The number of halogens is 1. The number of carbonyl (C=O) groups excluding carboxylic acids is 2. The Labute approximate surface area is 112 Å². The molecule has 0 spiro atoms. The van der Waals surface area contributed by atoms with Crippen LogP contribution in [-0.4, -0.2) is 23.9 Å². The predicted octanol–water partition coefficient (Wildman–Crippen LogP) is -0.0318. The van der Waals surface area contributed by atoms with Crippen molar-refractivity contribution in [3.05, 3.63) is 35.9 Å². The van der Waals surface area contributed by atoms with Crippen LogP contribution in [0.5, 0.6) is 0 Å². The lowest BCUT2D eigenvalue weighted by atomic mass is 10.1. The lowest BCUT2D eigenvalue weighted by Crippen LogP contribution is -2.50. The summed E-state index contributed by atoms with van der Waals surface area (Å²) >= 11 is 0. The number of hydrogen-bond donors (Lipinski definition) is 3. The van der Waals surface area contributed by atoms with Crippen molar-refractivity contribution in [2.45, 2.75) is 25.4 Å². The monoisotopic (exact) mass is 271 g/mol. The van der Waals surface area contributed by atoms with E-state index in [9.17, 15) is 9.59 Å². The SMILES string of the molecule is CC(N)C(=O)NC(Cc1ccccc1)C(N)=O.Cl. The third-order valence-electron chi connectivity index (χ3n) is 2.36. The van der Waals surface area contributed by atoms with E-state index in [0.29, 0.717) is 6.42 Å². The fourth-order valence-electron chi connectivity index (χ4n) is 1.38. The smallest absolute Gasteiger partial charge is 0.240 e. The molecule has 1 aromatic carbocycles. The molecule has 0 aliphatic carbocycles. The fourth-order valence-corrected chi connectivity index (χ4v) is 1.38. The van der Waals surface area contributed by atoms with Crippen LogP contribution in [0.2, 0.25) is 0 Å². The van der Waals surface area contributed by atoms with Crippen LogP contribution in [0.3, 0.4) is 0 Å². The molecular weight excluding hydrogens is 254 g/mol. The van der Waals surface area contributed by atoms with Gasteiger partial charge >= 0.3 is 0 Å². The average Bonchev–Trinajstić information content (AvgIpc) is 2.29. The van der Waals surface area contributed by atoms with E-state index in [2.05, 4.69) is 5.32 Å². The van der Waals surface area contributed by atoms with Crippen LogP contribution in [0.1, 0.15) is 12.5 Å². The van der Waals surface area contributed by atoms with Gasteiger partial charge < -0.3 is 16.8 Å². The Morgan fingerprint density at radius 1 is 1.28 bits per heavy atom. The Morgan fingerprint density at radius 3 is 2.28 bits per heavy atom. The first-order chi connectivity index (χ1) is 8.00. The molecule has 6 heteroatoms. The van der Waals surface area contributed by atoms with Gasteiger partial charge in [0.2, 0.25) is 11.8 Å². The summed E-state index contributed by atoms with van der Waals surface area (Å²) in [6.45, 7) is 1.55. The molecule has 1 aromatic rings. The first-order valence-corrected chi connectivity index (χ1v) is 5.40. The minimum atomic E-state index is -0.726. The molecule has 0 heterocycles. The second kappa shape index (κ2) is 7.68. The summed E-state index contributed by atoms with van der Waals surface area (Å²) in [7, 11) is 0. The first-order valence-electron chi connectivity index (χ1n) is 5.40. The summed E-state index contributed by atoms with van der Waals surface area (Å²) in [4.78, 5) is 22.6. The van der Waals surface area contributed by atoms with Crippen molar-refractivity contribution in [1.82, 2.24) is 5.32 Å². The van der Waals surface area contributed by atoms with E-state index in [1.165, 1.54) is 0 Å². The van der Waals surface area contributed by atoms with Gasteiger partial charge in [0, 0.05) is 6.42 Å². The minimum absolute atomic E-state index is 0. The van der Waals surface area contributed by atoms with E-state index in [1.54, 1.807) is 6.92 Å². The Balaban J connectivity index is 0.00000289. The number of primary amides is 1. The molecule has 0 aliphatic rings. The molecule has 2 unspecified atom stereocenters. The standard InChI is InChI=1S/C12H17N3O2.ClH/c1-8(13)12(17)15-10(11(14)16)7-9-5-3-2-4-6-9;/h2-6,8,10H,7,13H2,1H3,(H2,14,16)(H,15,17);1H. The average molecular weight is 272 g/mol. The van der Waals surface area contributed by atoms with Gasteiger partial charge in [0.25, 0.3) is 0 Å². The van der Waals surface area contributed by atoms with Crippen LogP contribution in [0.25, 0.3) is 0 Å². The normalized spacial score (nSPS) is 13.0. The summed E-state index contributed by atoms with van der Waals surface area (Å²) in [6, 6.07) is 7.95. The predicted molar refractivity (Wildman–Crippen MR) is 72.2 cm³/mol. The number of hydrogen-bond acceptors (Lipinski definition) is 3. The molecule has 0 saturated heterocycles. The van der Waals surface area contributed by atoms with Crippen molar-refractivity contribution in [3.8, 4) is 0 Å². The highest BCUT2D eigenvalue weighted by atomic mass is 35.5. The molecule has 2 amide bonds. The maximum Gasteiger partial charge on any atom is 0.240 e. The van der Waals surface area contributed by atoms with Gasteiger partial charge in [0.15, 0.2) is 0 Å². The van der Waals surface area contributed by atoms with Crippen molar-refractivity contribution in [3.63, 3.8) is 0 Å². The lowest BCUT2D eigenvalue weighted by molar-refractivity contribution is -0.127. The van der Waals surface area contributed by atoms with Gasteiger partial charge in [0.1, 0.15) is 6.04 Å². The number of benzene rings is 1. The van der Waals surface area contributed by atoms with E-state index < -0.39 is 18.0 Å². The maximum absolute atomic E-state index is 11.4. The van der Waals surface area contributed by atoms with Crippen LogP contribution in [0.15, 0.2) is 30.3 Å². The maximum atomic E-state index is 11.4. The van der Waals surface area contributed by atoms with Crippen LogP contribution in [0, 0.1) is 0 Å². The zero-order valence-electron chi connectivity index (χ0n) is 10.1. The summed E-state index contributed by atoms with van der Waals surface area (Å²) in [5.74, 6) is -0.951. The molecule has 2 atom stereocenters. The van der Waals surface area contributed by atoms with Gasteiger partial charge in [-0.3, -0.25) is 9.59 Å². The zero-order valence-corrected chi connectivity index (χ0v) is 10.9. The summed E-state index contributed by atoms with van der Waals surface area (Å²) in [5.41, 5.74) is 11.6. The van der Waals surface area contributed by atoms with Crippen LogP contribution < -0.4 is 16.8 Å². The highest BCUT2D eigenvalue weighted by Crippen LogP contribution is 2.03. The molecule has 1 rings (SSSR count). The Kier molecular flexibility index (Phi) is 7.00. The van der Waals surface area contributed by atoms with E-state index in [4.69, 9.17) is 11.5 Å². The second-order valence-corrected chi connectivity index (χ2v) is 3.94. The number of carbonyl (C=O) groups is 2. The Hall–Kier alpha value is -1.59. The van der Waals surface area contributed by atoms with E-state index in [1.807, 2.05) is 30.3 Å². The van der Waals surface area contributed by atoms with Crippen molar-refractivity contribution < 1.29 is 9.59 Å². The van der Waals surface area contributed by atoms with Crippen molar-refractivity contribution >= 4 is 24.2 Å². The summed E-state index contributed by atoms with van der Waals surface area (Å²) in [5, 5.41) is 2.53. The molecule has 5 N–H and O–H groups in total. The zero-order chi connectivity index (χ0) is 12.8. The van der Waals surface area contributed by atoms with Gasteiger partial charge in [-0.1, -0.05) is 30.3 Å². The molecule has 18 heavy (non-hydrogen) atoms. The summed E-state index contributed by atoms with van der Waals surface area (Å²) < 4.78 is 0. The van der Waals surface area contributed by atoms with Crippen LogP contribution in [-0.2, 0) is 16.0 Å². The largest absolute Gasteiger partial charge is 0.368 e. The van der Waals surface area contributed by atoms with E-state index >= 15 is 0 Å². The third kappa shape index (κ3) is 5.16. The molecule has 0 saturated carbocycles.